The number of nitrogens with zero attached hydrogens (tertiary/aromatic N) is 1. The minimum absolute atomic E-state index is 0.0214. The number of carbonyl (C=O) groups is 1. The Morgan fingerprint density at radius 1 is 1.26 bits per heavy atom. The van der Waals surface area contributed by atoms with Crippen LogP contribution in [-0.4, -0.2) is 23.9 Å². The zero-order valence-corrected chi connectivity index (χ0v) is 12.1. The highest BCUT2D eigenvalue weighted by atomic mass is 35.5. The van der Waals surface area contributed by atoms with Crippen LogP contribution in [-0.2, 0) is 0 Å². The molecule has 104 valence electrons. The molecule has 1 aromatic rings. The Labute approximate surface area is 119 Å². The Morgan fingerprint density at radius 3 is 2.53 bits per heavy atom. The Morgan fingerprint density at radius 2 is 1.89 bits per heavy atom. The molecule has 1 amide bonds. The van der Waals surface area contributed by atoms with Gasteiger partial charge in [0.2, 0.25) is 0 Å². The smallest absolute Gasteiger partial charge is 0.255 e. The Balaban J connectivity index is 2.15. The van der Waals surface area contributed by atoms with E-state index >= 15 is 0 Å². The summed E-state index contributed by atoms with van der Waals surface area (Å²) in [5.41, 5.74) is 6.89. The summed E-state index contributed by atoms with van der Waals surface area (Å²) in [4.78, 5) is 14.4. The molecule has 0 aromatic heterocycles. The van der Waals surface area contributed by atoms with Crippen molar-refractivity contribution in [1.29, 1.82) is 0 Å². The average Bonchev–Trinajstić information content (AvgIpc) is 2.69. The fraction of sp³-hybridized carbons (Fsp3) is 0.533. The summed E-state index contributed by atoms with van der Waals surface area (Å²) < 4.78 is 0. The standard InChI is InChI=1S/C15H21ClN2O/c1-18(12-6-4-2-3-5-7-12)15(19)13-10-11(16)8-9-14(13)17/h8-10,12H,2-7,17H2,1H3. The molecule has 0 spiro atoms. The summed E-state index contributed by atoms with van der Waals surface area (Å²) >= 11 is 5.95. The molecule has 1 fully saturated rings. The number of halogens is 1. The molecule has 19 heavy (non-hydrogen) atoms. The van der Waals surface area contributed by atoms with E-state index in [0.717, 1.165) is 12.8 Å². The van der Waals surface area contributed by atoms with E-state index in [9.17, 15) is 4.79 Å². The Hall–Kier alpha value is -1.22. The van der Waals surface area contributed by atoms with Crippen molar-refractivity contribution in [3.05, 3.63) is 28.8 Å². The predicted molar refractivity (Wildman–Crippen MR) is 79.4 cm³/mol. The zero-order valence-electron chi connectivity index (χ0n) is 11.4. The van der Waals surface area contributed by atoms with Crippen molar-refractivity contribution in [1.82, 2.24) is 4.90 Å². The maximum absolute atomic E-state index is 12.5. The molecule has 0 bridgehead atoms. The predicted octanol–water partition coefficient (Wildman–Crippen LogP) is 3.72. The van der Waals surface area contributed by atoms with Gasteiger partial charge in [0, 0.05) is 23.8 Å². The van der Waals surface area contributed by atoms with Crippen molar-refractivity contribution in [2.45, 2.75) is 44.6 Å². The average molecular weight is 281 g/mol. The molecule has 0 radical (unpaired) electrons. The van der Waals surface area contributed by atoms with E-state index < -0.39 is 0 Å². The van der Waals surface area contributed by atoms with Gasteiger partial charge in [-0.2, -0.15) is 0 Å². The topological polar surface area (TPSA) is 46.3 Å². The van der Waals surface area contributed by atoms with Crippen LogP contribution in [0.5, 0.6) is 0 Å². The van der Waals surface area contributed by atoms with Gasteiger partial charge in [-0.15, -0.1) is 0 Å². The monoisotopic (exact) mass is 280 g/mol. The van der Waals surface area contributed by atoms with Crippen LogP contribution in [0.1, 0.15) is 48.9 Å². The number of hydrogen-bond acceptors (Lipinski definition) is 2. The number of hydrogen-bond donors (Lipinski definition) is 1. The van der Waals surface area contributed by atoms with Gasteiger partial charge in [-0.05, 0) is 31.0 Å². The second-order valence-corrected chi connectivity index (χ2v) is 5.73. The van der Waals surface area contributed by atoms with Crippen LogP contribution in [0.2, 0.25) is 5.02 Å². The lowest BCUT2D eigenvalue weighted by atomic mass is 10.1. The van der Waals surface area contributed by atoms with Gasteiger partial charge in [0.05, 0.1) is 5.56 Å². The van der Waals surface area contributed by atoms with Gasteiger partial charge in [-0.25, -0.2) is 0 Å². The van der Waals surface area contributed by atoms with Gasteiger partial charge in [0.15, 0.2) is 0 Å². The van der Waals surface area contributed by atoms with Gasteiger partial charge in [-0.3, -0.25) is 4.79 Å². The van der Waals surface area contributed by atoms with E-state index in [1.54, 1.807) is 18.2 Å². The van der Waals surface area contributed by atoms with Crippen molar-refractivity contribution in [3.63, 3.8) is 0 Å². The molecule has 0 unspecified atom stereocenters. The van der Waals surface area contributed by atoms with Gasteiger partial charge >= 0.3 is 0 Å². The molecule has 0 saturated heterocycles. The number of amides is 1. The molecule has 2 N–H and O–H groups in total. The van der Waals surface area contributed by atoms with E-state index in [-0.39, 0.29) is 5.91 Å². The van der Waals surface area contributed by atoms with Crippen molar-refractivity contribution >= 4 is 23.2 Å². The van der Waals surface area contributed by atoms with Crippen LogP contribution in [0.3, 0.4) is 0 Å². The van der Waals surface area contributed by atoms with Gasteiger partial charge in [0.25, 0.3) is 5.91 Å². The molecule has 0 aliphatic heterocycles. The number of nitrogens with two attached hydrogens (primary N) is 1. The third-order valence-corrected chi connectivity index (χ3v) is 4.17. The minimum Gasteiger partial charge on any atom is -0.398 e. The first kappa shape index (κ1) is 14.2. The van der Waals surface area contributed by atoms with Crippen molar-refractivity contribution < 1.29 is 4.79 Å². The van der Waals surface area contributed by atoms with Crippen molar-refractivity contribution in [2.24, 2.45) is 0 Å². The molecule has 0 heterocycles. The summed E-state index contributed by atoms with van der Waals surface area (Å²) in [7, 11) is 1.87. The van der Waals surface area contributed by atoms with Crippen LogP contribution in [0, 0.1) is 0 Å². The Bertz CT molecular complexity index is 453. The maximum atomic E-state index is 12.5. The summed E-state index contributed by atoms with van der Waals surface area (Å²) in [5, 5.41) is 0.548. The molecule has 1 aliphatic carbocycles. The van der Waals surface area contributed by atoms with E-state index in [2.05, 4.69) is 0 Å². The lowest BCUT2D eigenvalue weighted by molar-refractivity contribution is 0.0719. The van der Waals surface area contributed by atoms with Gasteiger partial charge in [-0.1, -0.05) is 37.3 Å². The molecule has 1 saturated carbocycles. The molecule has 0 atom stereocenters. The van der Waals surface area contributed by atoms with E-state index in [1.807, 2.05) is 11.9 Å². The van der Waals surface area contributed by atoms with Crippen molar-refractivity contribution in [2.75, 3.05) is 12.8 Å². The molecule has 4 heteroatoms. The summed E-state index contributed by atoms with van der Waals surface area (Å²) in [6.45, 7) is 0. The second-order valence-electron chi connectivity index (χ2n) is 5.29. The van der Waals surface area contributed by atoms with Crippen LogP contribution in [0.4, 0.5) is 5.69 Å². The first-order chi connectivity index (χ1) is 9.09. The largest absolute Gasteiger partial charge is 0.398 e. The highest BCUT2D eigenvalue weighted by Gasteiger charge is 2.23. The van der Waals surface area contributed by atoms with Crippen LogP contribution in [0.15, 0.2) is 18.2 Å². The minimum atomic E-state index is -0.0214. The normalized spacial score (nSPS) is 16.9. The fourth-order valence-electron chi connectivity index (χ4n) is 2.71. The molecule has 2 rings (SSSR count). The first-order valence-corrected chi connectivity index (χ1v) is 7.29. The maximum Gasteiger partial charge on any atom is 0.255 e. The number of carbonyl (C=O) groups excluding carboxylic acids is 1. The molecular weight excluding hydrogens is 260 g/mol. The third-order valence-electron chi connectivity index (χ3n) is 3.94. The van der Waals surface area contributed by atoms with Crippen LogP contribution < -0.4 is 5.73 Å². The van der Waals surface area contributed by atoms with E-state index in [0.29, 0.717) is 22.3 Å². The third kappa shape index (κ3) is 3.41. The van der Waals surface area contributed by atoms with Crippen molar-refractivity contribution in [3.8, 4) is 0 Å². The zero-order chi connectivity index (χ0) is 13.8. The first-order valence-electron chi connectivity index (χ1n) is 6.92. The summed E-state index contributed by atoms with van der Waals surface area (Å²) in [5.74, 6) is -0.0214. The number of anilines is 1. The quantitative estimate of drug-likeness (QED) is 0.663. The number of benzene rings is 1. The molecule has 1 aromatic carbocycles. The lowest BCUT2D eigenvalue weighted by Crippen LogP contribution is -2.37. The summed E-state index contributed by atoms with van der Waals surface area (Å²) in [6.07, 6.45) is 7.13. The SMILES string of the molecule is CN(C(=O)c1cc(Cl)ccc1N)C1CCCCCC1. The summed E-state index contributed by atoms with van der Waals surface area (Å²) in [6, 6.07) is 5.38. The van der Waals surface area contributed by atoms with Crippen LogP contribution >= 0.6 is 11.6 Å². The second kappa shape index (κ2) is 6.29. The Kier molecular flexibility index (Phi) is 4.70. The molecular formula is C15H21ClN2O. The lowest BCUT2D eigenvalue weighted by Gasteiger charge is -2.27. The van der Waals surface area contributed by atoms with Crippen LogP contribution in [0.25, 0.3) is 0 Å². The number of rotatable bonds is 2. The highest BCUT2D eigenvalue weighted by Crippen LogP contribution is 2.25. The molecule has 1 aliphatic rings. The fourth-order valence-corrected chi connectivity index (χ4v) is 2.89. The van der Waals surface area contributed by atoms with E-state index in [1.165, 1.54) is 25.7 Å². The number of nitrogen functional groups attached to an aromatic ring is 1. The van der Waals surface area contributed by atoms with E-state index in [4.69, 9.17) is 17.3 Å². The molecule has 3 nitrogen and oxygen atoms in total. The highest BCUT2D eigenvalue weighted by molar-refractivity contribution is 6.31. The van der Waals surface area contributed by atoms with Gasteiger partial charge in [0.1, 0.15) is 0 Å². The van der Waals surface area contributed by atoms with Gasteiger partial charge < -0.3 is 10.6 Å².